The minimum absolute atomic E-state index is 0.173. The Labute approximate surface area is 116 Å². The second-order valence-corrected chi connectivity index (χ2v) is 5.73. The summed E-state index contributed by atoms with van der Waals surface area (Å²) in [5, 5.41) is 5.40. The van der Waals surface area contributed by atoms with Crippen molar-refractivity contribution in [2.45, 2.75) is 60.0 Å². The Balaban J connectivity index is 3.04. The fourth-order valence-electron chi connectivity index (χ4n) is 2.46. The summed E-state index contributed by atoms with van der Waals surface area (Å²) in [5.41, 5.74) is 8.24. The van der Waals surface area contributed by atoms with Crippen LogP contribution in [0.1, 0.15) is 46.0 Å². The molecule has 1 aromatic rings. The number of aryl methyl sites for hydroxylation is 2. The van der Waals surface area contributed by atoms with E-state index >= 15 is 0 Å². The van der Waals surface area contributed by atoms with Crippen molar-refractivity contribution in [1.82, 2.24) is 9.78 Å². The summed E-state index contributed by atoms with van der Waals surface area (Å²) in [6.45, 7) is 11.6. The highest BCUT2D eigenvalue weighted by molar-refractivity contribution is 6.31. The lowest BCUT2D eigenvalue weighted by Crippen LogP contribution is -2.32. The van der Waals surface area contributed by atoms with Crippen LogP contribution in [0, 0.1) is 11.8 Å². The lowest BCUT2D eigenvalue weighted by atomic mass is 9.85. The van der Waals surface area contributed by atoms with Gasteiger partial charge in [0.25, 0.3) is 0 Å². The van der Waals surface area contributed by atoms with E-state index in [9.17, 15) is 0 Å². The van der Waals surface area contributed by atoms with E-state index in [4.69, 9.17) is 17.3 Å². The summed E-state index contributed by atoms with van der Waals surface area (Å²) >= 11 is 6.44. The lowest BCUT2D eigenvalue weighted by Gasteiger charge is -2.25. The predicted molar refractivity (Wildman–Crippen MR) is 78.0 cm³/mol. The van der Waals surface area contributed by atoms with Gasteiger partial charge in [0.15, 0.2) is 0 Å². The zero-order chi connectivity index (χ0) is 13.9. The van der Waals surface area contributed by atoms with Crippen molar-refractivity contribution in [3.05, 3.63) is 16.4 Å². The Morgan fingerprint density at radius 1 is 1.28 bits per heavy atom. The van der Waals surface area contributed by atoms with Gasteiger partial charge in [0.05, 0.1) is 16.4 Å². The molecule has 0 aliphatic heterocycles. The smallest absolute Gasteiger partial charge is 0.0849 e. The van der Waals surface area contributed by atoms with E-state index in [2.05, 4.69) is 39.7 Å². The van der Waals surface area contributed by atoms with Gasteiger partial charge in [0.1, 0.15) is 0 Å². The third-order valence-corrected chi connectivity index (χ3v) is 4.09. The molecule has 0 aliphatic rings. The Morgan fingerprint density at radius 3 is 2.28 bits per heavy atom. The Morgan fingerprint density at radius 2 is 1.89 bits per heavy atom. The quantitative estimate of drug-likeness (QED) is 0.863. The molecule has 0 saturated carbocycles. The fraction of sp³-hybridized carbons (Fsp3) is 0.786. The second kappa shape index (κ2) is 6.58. The average Bonchev–Trinajstić information content (AvgIpc) is 2.61. The number of nitrogens with zero attached hydrogens (tertiary/aromatic N) is 2. The SMILES string of the molecule is CCc1nn(CC)c(CC(C(C)C)C(C)N)c1Cl. The van der Waals surface area contributed by atoms with Crippen LogP contribution in [-0.4, -0.2) is 15.8 Å². The topological polar surface area (TPSA) is 43.8 Å². The third kappa shape index (κ3) is 3.27. The molecule has 0 bridgehead atoms. The molecule has 0 radical (unpaired) electrons. The maximum absolute atomic E-state index is 6.44. The minimum atomic E-state index is 0.173. The van der Waals surface area contributed by atoms with Crippen molar-refractivity contribution in [3.8, 4) is 0 Å². The highest BCUT2D eigenvalue weighted by atomic mass is 35.5. The van der Waals surface area contributed by atoms with Gasteiger partial charge in [-0.25, -0.2) is 0 Å². The highest BCUT2D eigenvalue weighted by Crippen LogP contribution is 2.27. The molecule has 18 heavy (non-hydrogen) atoms. The molecule has 2 N–H and O–H groups in total. The molecule has 2 unspecified atom stereocenters. The van der Waals surface area contributed by atoms with Gasteiger partial charge < -0.3 is 5.73 Å². The van der Waals surface area contributed by atoms with E-state index in [1.165, 1.54) is 0 Å². The Kier molecular flexibility index (Phi) is 5.67. The summed E-state index contributed by atoms with van der Waals surface area (Å²) in [4.78, 5) is 0. The molecule has 0 amide bonds. The zero-order valence-electron chi connectivity index (χ0n) is 12.2. The van der Waals surface area contributed by atoms with Crippen molar-refractivity contribution in [2.24, 2.45) is 17.6 Å². The predicted octanol–water partition coefficient (Wildman–Crippen LogP) is 3.28. The molecule has 0 aromatic carbocycles. The van der Waals surface area contributed by atoms with Crippen LogP contribution in [-0.2, 0) is 19.4 Å². The minimum Gasteiger partial charge on any atom is -0.328 e. The summed E-state index contributed by atoms with van der Waals surface area (Å²) in [6, 6.07) is 0.173. The number of aromatic nitrogens is 2. The number of nitrogens with two attached hydrogens (primary N) is 1. The molecule has 0 saturated heterocycles. The van der Waals surface area contributed by atoms with Gasteiger partial charge in [-0.1, -0.05) is 32.4 Å². The van der Waals surface area contributed by atoms with Crippen LogP contribution in [0.15, 0.2) is 0 Å². The number of hydrogen-bond donors (Lipinski definition) is 1. The lowest BCUT2D eigenvalue weighted by molar-refractivity contribution is 0.322. The zero-order valence-corrected chi connectivity index (χ0v) is 13.0. The van der Waals surface area contributed by atoms with Gasteiger partial charge in [0.2, 0.25) is 0 Å². The van der Waals surface area contributed by atoms with Crippen LogP contribution in [0.2, 0.25) is 5.02 Å². The molecule has 0 aliphatic carbocycles. The van der Waals surface area contributed by atoms with E-state index in [0.717, 1.165) is 35.8 Å². The first-order valence-corrected chi connectivity index (χ1v) is 7.29. The second-order valence-electron chi connectivity index (χ2n) is 5.35. The van der Waals surface area contributed by atoms with Crippen LogP contribution in [0.25, 0.3) is 0 Å². The number of hydrogen-bond acceptors (Lipinski definition) is 2. The summed E-state index contributed by atoms with van der Waals surface area (Å²) < 4.78 is 2.03. The molecule has 3 nitrogen and oxygen atoms in total. The molecule has 1 heterocycles. The molecular weight excluding hydrogens is 246 g/mol. The molecule has 1 aromatic heterocycles. The van der Waals surface area contributed by atoms with Crippen LogP contribution in [0.3, 0.4) is 0 Å². The normalized spacial score (nSPS) is 15.1. The van der Waals surface area contributed by atoms with Gasteiger partial charge in [-0.15, -0.1) is 0 Å². The van der Waals surface area contributed by atoms with Gasteiger partial charge in [-0.2, -0.15) is 5.10 Å². The van der Waals surface area contributed by atoms with Crippen molar-refractivity contribution >= 4 is 11.6 Å². The molecule has 0 fully saturated rings. The summed E-state index contributed by atoms with van der Waals surface area (Å²) in [6.07, 6.45) is 1.79. The molecule has 0 spiro atoms. The van der Waals surface area contributed by atoms with Gasteiger partial charge >= 0.3 is 0 Å². The first kappa shape index (κ1) is 15.5. The van der Waals surface area contributed by atoms with Gasteiger partial charge in [-0.3, -0.25) is 4.68 Å². The highest BCUT2D eigenvalue weighted by Gasteiger charge is 2.23. The Bertz CT molecular complexity index is 375. The molecule has 4 heteroatoms. The molecule has 104 valence electrons. The van der Waals surface area contributed by atoms with Crippen LogP contribution >= 0.6 is 11.6 Å². The van der Waals surface area contributed by atoms with E-state index in [1.54, 1.807) is 0 Å². The monoisotopic (exact) mass is 271 g/mol. The van der Waals surface area contributed by atoms with Gasteiger partial charge in [-0.05, 0) is 38.5 Å². The maximum atomic E-state index is 6.44. The third-order valence-electron chi connectivity index (χ3n) is 3.65. The van der Waals surface area contributed by atoms with E-state index in [0.29, 0.717) is 11.8 Å². The molecule has 1 rings (SSSR count). The molecular formula is C14H26ClN3. The largest absolute Gasteiger partial charge is 0.328 e. The van der Waals surface area contributed by atoms with Crippen LogP contribution < -0.4 is 5.73 Å². The first-order valence-electron chi connectivity index (χ1n) is 6.91. The van der Waals surface area contributed by atoms with Gasteiger partial charge in [0, 0.05) is 12.6 Å². The summed E-state index contributed by atoms with van der Waals surface area (Å²) in [5.74, 6) is 0.987. The van der Waals surface area contributed by atoms with E-state index < -0.39 is 0 Å². The van der Waals surface area contributed by atoms with Crippen LogP contribution in [0.5, 0.6) is 0 Å². The van der Waals surface area contributed by atoms with Crippen molar-refractivity contribution < 1.29 is 0 Å². The summed E-state index contributed by atoms with van der Waals surface area (Å²) in [7, 11) is 0. The fourth-order valence-corrected chi connectivity index (χ4v) is 2.81. The van der Waals surface area contributed by atoms with E-state index in [-0.39, 0.29) is 6.04 Å². The average molecular weight is 272 g/mol. The van der Waals surface area contributed by atoms with Crippen LogP contribution in [0.4, 0.5) is 0 Å². The first-order chi connectivity index (χ1) is 8.42. The van der Waals surface area contributed by atoms with Crippen molar-refractivity contribution in [1.29, 1.82) is 0 Å². The standard InChI is InChI=1S/C14H26ClN3/c1-6-12-14(15)13(18(7-2)17-12)8-11(9(3)4)10(5)16/h9-11H,6-8,16H2,1-5H3. The molecule has 2 atom stereocenters. The Hall–Kier alpha value is -0.540. The number of halogens is 1. The van der Waals surface area contributed by atoms with Crippen molar-refractivity contribution in [3.63, 3.8) is 0 Å². The van der Waals surface area contributed by atoms with Crippen molar-refractivity contribution in [2.75, 3.05) is 0 Å². The maximum Gasteiger partial charge on any atom is 0.0849 e. The number of rotatable bonds is 6. The van der Waals surface area contributed by atoms with E-state index in [1.807, 2.05) is 4.68 Å².